The molecule has 0 aliphatic rings. The van der Waals surface area contributed by atoms with Crippen molar-refractivity contribution < 1.29 is 0 Å². The first-order chi connectivity index (χ1) is 6.11. The van der Waals surface area contributed by atoms with Crippen LogP contribution in [0.5, 0.6) is 0 Å². The van der Waals surface area contributed by atoms with Gasteiger partial charge in [-0.2, -0.15) is 5.10 Å². The lowest BCUT2D eigenvalue weighted by Gasteiger charge is -2.00. The van der Waals surface area contributed by atoms with Gasteiger partial charge in [0, 0.05) is 20.3 Å². The molecule has 0 bridgehead atoms. The van der Waals surface area contributed by atoms with Crippen molar-refractivity contribution in [2.75, 3.05) is 0 Å². The van der Waals surface area contributed by atoms with Gasteiger partial charge in [0.2, 0.25) is 0 Å². The monoisotopic (exact) mass is 241 g/mol. The van der Waals surface area contributed by atoms with Crippen molar-refractivity contribution in [1.82, 2.24) is 14.3 Å². The fourth-order valence-corrected chi connectivity index (χ4v) is 2.13. The molecule has 13 heavy (non-hydrogen) atoms. The van der Waals surface area contributed by atoms with E-state index in [0.717, 1.165) is 9.99 Å². The molecule has 4 nitrogen and oxygen atoms in total. The summed E-state index contributed by atoms with van der Waals surface area (Å²) in [7, 11) is 3.53. The van der Waals surface area contributed by atoms with Gasteiger partial charge in [-0.1, -0.05) is 0 Å². The second-order valence-electron chi connectivity index (χ2n) is 2.92. The highest BCUT2D eigenvalue weighted by molar-refractivity contribution is 9.10. The molecule has 2 aromatic heterocycles. The Bertz CT molecular complexity index is 526. The number of hydrogen-bond acceptors (Lipinski definition) is 2. The van der Waals surface area contributed by atoms with Gasteiger partial charge in [-0.15, -0.1) is 0 Å². The van der Waals surface area contributed by atoms with E-state index in [-0.39, 0.29) is 5.56 Å². The zero-order chi connectivity index (χ0) is 9.59. The molecule has 0 amide bonds. The van der Waals surface area contributed by atoms with E-state index in [9.17, 15) is 4.79 Å². The molecule has 0 spiro atoms. The third kappa shape index (κ3) is 1.11. The molecule has 68 valence electrons. The Morgan fingerprint density at radius 2 is 2.15 bits per heavy atom. The molecule has 0 radical (unpaired) electrons. The Morgan fingerprint density at radius 1 is 1.46 bits per heavy atom. The number of nitrogens with zero attached hydrogens (tertiary/aromatic N) is 3. The number of fused-ring (bicyclic) bond motifs is 1. The van der Waals surface area contributed by atoms with Crippen molar-refractivity contribution in [1.29, 1.82) is 0 Å². The number of aromatic nitrogens is 3. The summed E-state index contributed by atoms with van der Waals surface area (Å²) in [5.41, 5.74) is 0.814. The molecule has 0 aliphatic heterocycles. The highest BCUT2D eigenvalue weighted by Gasteiger charge is 2.08. The highest BCUT2D eigenvalue weighted by Crippen LogP contribution is 2.19. The molecule has 2 heterocycles. The molecule has 0 saturated carbocycles. The normalized spacial score (nSPS) is 11.0. The van der Waals surface area contributed by atoms with Crippen molar-refractivity contribution in [2.45, 2.75) is 0 Å². The quantitative estimate of drug-likeness (QED) is 0.692. The second kappa shape index (κ2) is 2.70. The summed E-state index contributed by atoms with van der Waals surface area (Å²) in [4.78, 5) is 11.6. The van der Waals surface area contributed by atoms with E-state index in [0.29, 0.717) is 5.39 Å². The predicted molar refractivity (Wildman–Crippen MR) is 53.7 cm³/mol. The molecule has 5 heteroatoms. The minimum absolute atomic E-state index is 0.0219. The Kier molecular flexibility index (Phi) is 1.76. The van der Waals surface area contributed by atoms with Crippen molar-refractivity contribution in [2.24, 2.45) is 14.1 Å². The van der Waals surface area contributed by atoms with Crippen LogP contribution in [0.15, 0.2) is 21.7 Å². The Morgan fingerprint density at radius 3 is 2.85 bits per heavy atom. The summed E-state index contributed by atoms with van der Waals surface area (Å²) in [5, 5.41) is 4.67. The average molecular weight is 242 g/mol. The van der Waals surface area contributed by atoms with Crippen LogP contribution in [0.25, 0.3) is 10.9 Å². The van der Waals surface area contributed by atoms with E-state index < -0.39 is 0 Å². The summed E-state index contributed by atoms with van der Waals surface area (Å²) in [6, 6.07) is 0. The topological polar surface area (TPSA) is 39.8 Å². The van der Waals surface area contributed by atoms with Gasteiger partial charge in [0.1, 0.15) is 0 Å². The van der Waals surface area contributed by atoms with Crippen LogP contribution in [0.2, 0.25) is 0 Å². The van der Waals surface area contributed by atoms with Gasteiger partial charge in [-0.25, -0.2) is 0 Å². The lowest BCUT2D eigenvalue weighted by atomic mass is 10.3. The van der Waals surface area contributed by atoms with Gasteiger partial charge >= 0.3 is 0 Å². The van der Waals surface area contributed by atoms with Crippen molar-refractivity contribution in [3.05, 3.63) is 27.2 Å². The zero-order valence-electron chi connectivity index (χ0n) is 7.28. The summed E-state index contributed by atoms with van der Waals surface area (Å²) in [5.74, 6) is 0. The van der Waals surface area contributed by atoms with Crippen LogP contribution in [0.4, 0.5) is 0 Å². The van der Waals surface area contributed by atoms with Crippen molar-refractivity contribution in [3.63, 3.8) is 0 Å². The Balaban J connectivity index is 3.08. The van der Waals surface area contributed by atoms with E-state index in [1.807, 2.05) is 7.05 Å². The van der Waals surface area contributed by atoms with Crippen molar-refractivity contribution >= 4 is 26.8 Å². The number of aryl methyl sites for hydroxylation is 2. The first-order valence-corrected chi connectivity index (χ1v) is 4.57. The summed E-state index contributed by atoms with van der Waals surface area (Å²) in [6.45, 7) is 0. The van der Waals surface area contributed by atoms with Crippen LogP contribution in [-0.2, 0) is 14.1 Å². The molecule has 0 fully saturated rings. The van der Waals surface area contributed by atoms with Gasteiger partial charge in [0.15, 0.2) is 0 Å². The fourth-order valence-electron chi connectivity index (χ4n) is 1.36. The Hall–Kier alpha value is -1.10. The lowest BCUT2D eigenvalue weighted by Crippen LogP contribution is -2.15. The average Bonchev–Trinajstić information content (AvgIpc) is 2.44. The van der Waals surface area contributed by atoms with Crippen LogP contribution >= 0.6 is 15.9 Å². The molecule has 0 atom stereocenters. The van der Waals surface area contributed by atoms with Crippen LogP contribution in [0, 0.1) is 0 Å². The lowest BCUT2D eigenvalue weighted by molar-refractivity contribution is 0.792. The third-order valence-corrected chi connectivity index (χ3v) is 2.60. The van der Waals surface area contributed by atoms with Crippen LogP contribution in [0.3, 0.4) is 0 Å². The van der Waals surface area contributed by atoms with Crippen LogP contribution < -0.4 is 5.56 Å². The molecular weight excluding hydrogens is 234 g/mol. The summed E-state index contributed by atoms with van der Waals surface area (Å²) >= 11 is 3.39. The van der Waals surface area contributed by atoms with E-state index in [4.69, 9.17) is 0 Å². The van der Waals surface area contributed by atoms with Crippen LogP contribution in [0.1, 0.15) is 0 Å². The molecule has 0 unspecified atom stereocenters. The predicted octanol–water partition coefficient (Wildman–Crippen LogP) is 1.03. The zero-order valence-corrected chi connectivity index (χ0v) is 8.87. The summed E-state index contributed by atoms with van der Waals surface area (Å²) < 4.78 is 4.10. The van der Waals surface area contributed by atoms with Gasteiger partial charge in [-0.05, 0) is 15.9 Å². The largest absolute Gasteiger partial charge is 0.317 e. The van der Waals surface area contributed by atoms with E-state index in [1.54, 1.807) is 24.1 Å². The molecule has 2 rings (SSSR count). The van der Waals surface area contributed by atoms with Crippen LogP contribution in [-0.4, -0.2) is 14.3 Å². The van der Waals surface area contributed by atoms with E-state index >= 15 is 0 Å². The van der Waals surface area contributed by atoms with Gasteiger partial charge in [0.25, 0.3) is 5.56 Å². The minimum Gasteiger partial charge on any atom is -0.317 e. The second-order valence-corrected chi connectivity index (χ2v) is 3.78. The highest BCUT2D eigenvalue weighted by atomic mass is 79.9. The first-order valence-electron chi connectivity index (χ1n) is 3.78. The minimum atomic E-state index is -0.0219. The molecular formula is C8H8BrN3O. The molecule has 2 aromatic rings. The van der Waals surface area contributed by atoms with Gasteiger partial charge in [0.05, 0.1) is 21.6 Å². The SMILES string of the molecule is Cn1cc(Br)c2c(cnn2C)c1=O. The number of rotatable bonds is 0. The first kappa shape index (κ1) is 8.50. The fraction of sp³-hybridized carbons (Fsp3) is 0.250. The smallest absolute Gasteiger partial charge is 0.261 e. The maximum Gasteiger partial charge on any atom is 0.261 e. The number of pyridine rings is 1. The standard InChI is InChI=1S/C8H8BrN3O/c1-11-4-6(9)7-5(8(11)13)3-10-12(7)2/h3-4H,1-2H3. The molecule has 0 saturated heterocycles. The maximum absolute atomic E-state index is 11.6. The number of hydrogen-bond donors (Lipinski definition) is 0. The molecule has 0 aromatic carbocycles. The molecule has 0 aliphatic carbocycles. The number of halogens is 1. The van der Waals surface area contributed by atoms with E-state index in [2.05, 4.69) is 21.0 Å². The summed E-state index contributed by atoms with van der Waals surface area (Å²) in [6.07, 6.45) is 3.33. The maximum atomic E-state index is 11.6. The van der Waals surface area contributed by atoms with Crippen molar-refractivity contribution in [3.8, 4) is 0 Å². The van der Waals surface area contributed by atoms with E-state index in [1.165, 1.54) is 4.57 Å². The molecule has 0 N–H and O–H groups in total. The third-order valence-electron chi connectivity index (χ3n) is 2.02. The van der Waals surface area contributed by atoms with Gasteiger partial charge in [-0.3, -0.25) is 9.48 Å². The van der Waals surface area contributed by atoms with Gasteiger partial charge < -0.3 is 4.57 Å². The Labute approximate surface area is 82.9 Å².